The summed E-state index contributed by atoms with van der Waals surface area (Å²) in [6.07, 6.45) is 4.95. The molecule has 5 heteroatoms. The normalized spacial score (nSPS) is 17.8. The van der Waals surface area contributed by atoms with Gasteiger partial charge in [-0.2, -0.15) is 0 Å². The number of benzene rings is 1. The number of ether oxygens (including phenoxy) is 1. The first kappa shape index (κ1) is 14.8. The number of hydrogen-bond acceptors (Lipinski definition) is 4. The number of rotatable bonds is 3. The number of phenols is 1. The van der Waals surface area contributed by atoms with Crippen LogP contribution in [0.4, 0.5) is 4.39 Å². The molecule has 3 N–H and O–H groups in total. The fraction of sp³-hybridized carbons (Fsp3) is 0.533. The minimum absolute atomic E-state index is 0.138. The van der Waals surface area contributed by atoms with E-state index >= 15 is 0 Å². The second-order valence-corrected chi connectivity index (χ2v) is 5.39. The zero-order chi connectivity index (χ0) is 14.8. The molecule has 4 nitrogen and oxygen atoms in total. The van der Waals surface area contributed by atoms with E-state index < -0.39 is 17.5 Å². The van der Waals surface area contributed by atoms with Crippen molar-refractivity contribution in [2.24, 2.45) is 5.73 Å². The van der Waals surface area contributed by atoms with Crippen LogP contribution in [0.1, 0.15) is 48.0 Å². The summed E-state index contributed by atoms with van der Waals surface area (Å²) in [5, 5.41) is 9.67. The molecule has 0 radical (unpaired) electrons. The Labute approximate surface area is 117 Å². The van der Waals surface area contributed by atoms with Gasteiger partial charge in [0.05, 0.1) is 7.11 Å². The lowest BCUT2D eigenvalue weighted by molar-refractivity contribution is 0.0596. The van der Waals surface area contributed by atoms with Gasteiger partial charge in [0.25, 0.3) is 0 Å². The third kappa shape index (κ3) is 2.50. The SMILES string of the molecule is COC(=O)c1cc(C2(CN)CCCCC2)cc(F)c1O. The third-order valence-corrected chi connectivity index (χ3v) is 4.28. The van der Waals surface area contributed by atoms with Crippen LogP contribution >= 0.6 is 0 Å². The highest BCUT2D eigenvalue weighted by Crippen LogP contribution is 2.40. The van der Waals surface area contributed by atoms with Crippen molar-refractivity contribution in [2.45, 2.75) is 37.5 Å². The molecule has 1 aromatic rings. The number of phenolic OH excluding ortho intramolecular Hbond substituents is 1. The van der Waals surface area contributed by atoms with E-state index in [0.717, 1.165) is 32.1 Å². The smallest absolute Gasteiger partial charge is 0.341 e. The minimum atomic E-state index is -0.804. The Morgan fingerprint density at radius 3 is 2.60 bits per heavy atom. The lowest BCUT2D eigenvalue weighted by atomic mass is 9.69. The first-order chi connectivity index (χ1) is 9.54. The molecule has 1 aliphatic rings. The van der Waals surface area contributed by atoms with Gasteiger partial charge in [-0.3, -0.25) is 0 Å². The second-order valence-electron chi connectivity index (χ2n) is 5.39. The molecule has 0 saturated heterocycles. The summed E-state index contributed by atoms with van der Waals surface area (Å²) >= 11 is 0. The molecule has 0 atom stereocenters. The summed E-state index contributed by atoms with van der Waals surface area (Å²) in [6, 6.07) is 2.81. The molecule has 0 unspecified atom stereocenters. The zero-order valence-corrected chi connectivity index (χ0v) is 11.6. The molecule has 1 saturated carbocycles. The summed E-state index contributed by atoms with van der Waals surface area (Å²) in [7, 11) is 1.20. The Morgan fingerprint density at radius 2 is 2.05 bits per heavy atom. The van der Waals surface area contributed by atoms with E-state index in [1.165, 1.54) is 19.2 Å². The van der Waals surface area contributed by atoms with E-state index in [1.807, 2.05) is 0 Å². The highest BCUT2D eigenvalue weighted by molar-refractivity contribution is 5.92. The molecule has 1 aromatic carbocycles. The van der Waals surface area contributed by atoms with Crippen LogP contribution in [0.15, 0.2) is 12.1 Å². The van der Waals surface area contributed by atoms with Crippen molar-refractivity contribution >= 4 is 5.97 Å². The summed E-state index contributed by atoms with van der Waals surface area (Å²) in [5.41, 5.74) is 6.14. The lowest BCUT2D eigenvalue weighted by Gasteiger charge is -2.37. The van der Waals surface area contributed by atoms with Crippen LogP contribution in [-0.2, 0) is 10.2 Å². The Kier molecular flexibility index (Phi) is 4.28. The molecular formula is C15H20FNO3. The zero-order valence-electron chi connectivity index (χ0n) is 11.6. The number of methoxy groups -OCH3 is 1. The molecule has 1 aliphatic carbocycles. The molecule has 20 heavy (non-hydrogen) atoms. The average molecular weight is 281 g/mol. The summed E-state index contributed by atoms with van der Waals surface area (Å²) in [4.78, 5) is 11.6. The van der Waals surface area contributed by atoms with Gasteiger partial charge in [0.2, 0.25) is 0 Å². The van der Waals surface area contributed by atoms with Crippen LogP contribution in [0.25, 0.3) is 0 Å². The predicted molar refractivity (Wildman–Crippen MR) is 73.2 cm³/mol. The summed E-state index contributed by atoms with van der Waals surface area (Å²) in [5.74, 6) is -2.21. The van der Waals surface area contributed by atoms with Crippen molar-refractivity contribution in [3.63, 3.8) is 0 Å². The Hall–Kier alpha value is -1.62. The second kappa shape index (κ2) is 5.79. The summed E-state index contributed by atoms with van der Waals surface area (Å²) < 4.78 is 18.5. The van der Waals surface area contributed by atoms with E-state index in [2.05, 4.69) is 4.74 Å². The van der Waals surface area contributed by atoms with Gasteiger partial charge in [-0.15, -0.1) is 0 Å². The maximum absolute atomic E-state index is 13.9. The maximum Gasteiger partial charge on any atom is 0.341 e. The van der Waals surface area contributed by atoms with Crippen molar-refractivity contribution in [3.8, 4) is 5.75 Å². The Balaban J connectivity index is 2.51. The number of carbonyl (C=O) groups is 1. The van der Waals surface area contributed by atoms with Crippen molar-refractivity contribution in [1.82, 2.24) is 0 Å². The Bertz CT molecular complexity index is 510. The predicted octanol–water partition coefficient (Wildman–Crippen LogP) is 2.48. The highest BCUT2D eigenvalue weighted by atomic mass is 19.1. The largest absolute Gasteiger partial charge is 0.504 e. The van der Waals surface area contributed by atoms with Crippen LogP contribution < -0.4 is 5.73 Å². The average Bonchev–Trinajstić information content (AvgIpc) is 2.49. The molecule has 0 bridgehead atoms. The molecule has 0 aliphatic heterocycles. The summed E-state index contributed by atoms with van der Waals surface area (Å²) in [6.45, 7) is 0.401. The van der Waals surface area contributed by atoms with Gasteiger partial charge < -0.3 is 15.6 Å². The number of halogens is 1. The lowest BCUT2D eigenvalue weighted by Crippen LogP contribution is -2.37. The fourth-order valence-electron chi connectivity index (χ4n) is 3.01. The maximum atomic E-state index is 13.9. The minimum Gasteiger partial charge on any atom is -0.504 e. The van der Waals surface area contributed by atoms with Crippen LogP contribution in [-0.4, -0.2) is 24.7 Å². The molecule has 0 heterocycles. The molecule has 1 fully saturated rings. The molecule has 2 rings (SSSR count). The van der Waals surface area contributed by atoms with Gasteiger partial charge >= 0.3 is 5.97 Å². The quantitative estimate of drug-likeness (QED) is 0.835. The van der Waals surface area contributed by atoms with Gasteiger partial charge in [0.15, 0.2) is 11.6 Å². The van der Waals surface area contributed by atoms with E-state index in [9.17, 15) is 14.3 Å². The van der Waals surface area contributed by atoms with E-state index in [0.29, 0.717) is 12.1 Å². The number of carbonyl (C=O) groups excluding carboxylic acids is 1. The fourth-order valence-corrected chi connectivity index (χ4v) is 3.01. The van der Waals surface area contributed by atoms with Crippen LogP contribution in [0.5, 0.6) is 5.75 Å². The number of esters is 1. The van der Waals surface area contributed by atoms with Crippen LogP contribution in [0.2, 0.25) is 0 Å². The standard InChI is InChI=1S/C15H20FNO3/c1-20-14(19)11-7-10(8-12(16)13(11)18)15(9-17)5-3-2-4-6-15/h7-8,18H,2-6,9,17H2,1H3. The van der Waals surface area contributed by atoms with Crippen LogP contribution in [0, 0.1) is 5.82 Å². The van der Waals surface area contributed by atoms with Crippen molar-refractivity contribution in [3.05, 3.63) is 29.1 Å². The number of nitrogens with two attached hydrogens (primary N) is 1. The number of hydrogen-bond donors (Lipinski definition) is 2. The molecule has 0 amide bonds. The molecule has 0 spiro atoms. The number of aromatic hydroxyl groups is 1. The van der Waals surface area contributed by atoms with Gasteiger partial charge in [0, 0.05) is 12.0 Å². The van der Waals surface area contributed by atoms with E-state index in [-0.39, 0.29) is 11.0 Å². The van der Waals surface area contributed by atoms with E-state index in [4.69, 9.17) is 5.73 Å². The molecule has 110 valence electrons. The van der Waals surface area contributed by atoms with Gasteiger partial charge in [-0.25, -0.2) is 9.18 Å². The Morgan fingerprint density at radius 1 is 1.40 bits per heavy atom. The van der Waals surface area contributed by atoms with Gasteiger partial charge in [-0.05, 0) is 30.5 Å². The third-order valence-electron chi connectivity index (χ3n) is 4.28. The van der Waals surface area contributed by atoms with Crippen LogP contribution in [0.3, 0.4) is 0 Å². The highest BCUT2D eigenvalue weighted by Gasteiger charge is 2.34. The van der Waals surface area contributed by atoms with Gasteiger partial charge in [0.1, 0.15) is 5.56 Å². The topological polar surface area (TPSA) is 72.5 Å². The molecular weight excluding hydrogens is 261 g/mol. The van der Waals surface area contributed by atoms with Crippen molar-refractivity contribution < 1.29 is 19.0 Å². The first-order valence-corrected chi connectivity index (χ1v) is 6.85. The monoisotopic (exact) mass is 281 g/mol. The van der Waals surface area contributed by atoms with E-state index in [1.54, 1.807) is 0 Å². The first-order valence-electron chi connectivity index (χ1n) is 6.85. The van der Waals surface area contributed by atoms with Crippen molar-refractivity contribution in [2.75, 3.05) is 13.7 Å². The molecule has 0 aromatic heterocycles. The van der Waals surface area contributed by atoms with Gasteiger partial charge in [-0.1, -0.05) is 19.3 Å². The van der Waals surface area contributed by atoms with Crippen molar-refractivity contribution in [1.29, 1.82) is 0 Å².